The van der Waals surface area contributed by atoms with E-state index in [1.807, 2.05) is 12.3 Å². The maximum absolute atomic E-state index is 12.3. The van der Waals surface area contributed by atoms with Gasteiger partial charge in [-0.05, 0) is 49.8 Å². The average Bonchev–Trinajstić information content (AvgIpc) is 3.06. The molecule has 1 aliphatic rings. The molecule has 1 N–H and O–H groups in total. The van der Waals surface area contributed by atoms with Crippen molar-refractivity contribution < 1.29 is 19.1 Å². The Morgan fingerprint density at radius 1 is 1.27 bits per heavy atom. The van der Waals surface area contributed by atoms with Crippen LogP contribution < -0.4 is 10.1 Å². The monoisotopic (exact) mass is 393 g/mol. The fourth-order valence-electron chi connectivity index (χ4n) is 2.99. The Balaban J connectivity index is 1.62. The van der Waals surface area contributed by atoms with Crippen LogP contribution in [0.4, 0.5) is 5.69 Å². The van der Waals surface area contributed by atoms with Crippen molar-refractivity contribution in [1.82, 2.24) is 0 Å². The standard InChI is InChI=1S/C19H20ClNO4S/c1-11-7-15(16(24-2)8-14(11)20)21-18(22)9-25-19(23)13-10-26-17-6-4-3-5-12(13)17/h7-8,10H,3-6,9H2,1-2H3,(H,21,22). The number of methoxy groups -OCH3 is 1. The lowest BCUT2D eigenvalue weighted by Gasteiger charge is -2.13. The fourth-order valence-corrected chi connectivity index (χ4v) is 4.26. The Morgan fingerprint density at radius 3 is 2.81 bits per heavy atom. The molecule has 0 atom stereocenters. The summed E-state index contributed by atoms with van der Waals surface area (Å²) in [6.45, 7) is 1.48. The quantitative estimate of drug-likeness (QED) is 0.765. The van der Waals surface area contributed by atoms with Crippen LogP contribution in [0.2, 0.25) is 5.02 Å². The number of aryl methyl sites for hydroxylation is 2. The largest absolute Gasteiger partial charge is 0.495 e. The average molecular weight is 394 g/mol. The molecule has 7 heteroatoms. The number of esters is 1. The molecule has 1 heterocycles. The van der Waals surface area contributed by atoms with Gasteiger partial charge >= 0.3 is 5.97 Å². The summed E-state index contributed by atoms with van der Waals surface area (Å²) in [6.07, 6.45) is 4.16. The molecule has 5 nitrogen and oxygen atoms in total. The van der Waals surface area contributed by atoms with Gasteiger partial charge in [0.05, 0.1) is 18.4 Å². The van der Waals surface area contributed by atoms with E-state index in [1.54, 1.807) is 23.5 Å². The lowest BCUT2D eigenvalue weighted by atomic mass is 9.96. The Bertz CT molecular complexity index is 846. The second kappa shape index (κ2) is 8.10. The molecule has 1 aliphatic carbocycles. The molecule has 1 amide bonds. The van der Waals surface area contributed by atoms with E-state index in [2.05, 4.69) is 5.32 Å². The first-order valence-corrected chi connectivity index (χ1v) is 9.65. The highest BCUT2D eigenvalue weighted by atomic mass is 35.5. The first kappa shape index (κ1) is 18.7. The molecule has 2 aromatic rings. The van der Waals surface area contributed by atoms with Crippen molar-refractivity contribution in [2.24, 2.45) is 0 Å². The number of rotatable bonds is 5. The van der Waals surface area contributed by atoms with E-state index in [1.165, 1.54) is 12.0 Å². The number of thiophene rings is 1. The van der Waals surface area contributed by atoms with Gasteiger partial charge in [0.2, 0.25) is 0 Å². The van der Waals surface area contributed by atoms with Crippen molar-refractivity contribution in [2.45, 2.75) is 32.6 Å². The minimum absolute atomic E-state index is 0.353. The van der Waals surface area contributed by atoms with Crippen LogP contribution in [0, 0.1) is 6.92 Å². The summed E-state index contributed by atoms with van der Waals surface area (Å²) in [7, 11) is 1.50. The number of ether oxygens (including phenoxy) is 2. The van der Waals surface area contributed by atoms with Crippen LogP contribution in [-0.2, 0) is 22.4 Å². The van der Waals surface area contributed by atoms with Gasteiger partial charge in [0, 0.05) is 21.3 Å². The van der Waals surface area contributed by atoms with Crippen LogP contribution in [0.25, 0.3) is 0 Å². The molecular formula is C19H20ClNO4S. The summed E-state index contributed by atoms with van der Waals surface area (Å²) >= 11 is 7.65. The lowest BCUT2D eigenvalue weighted by Crippen LogP contribution is -2.21. The predicted molar refractivity (Wildman–Crippen MR) is 103 cm³/mol. The second-order valence-corrected chi connectivity index (χ2v) is 7.56. The topological polar surface area (TPSA) is 64.6 Å². The predicted octanol–water partition coefficient (Wildman–Crippen LogP) is 4.39. The van der Waals surface area contributed by atoms with Crippen LogP contribution in [0.5, 0.6) is 5.75 Å². The van der Waals surface area contributed by atoms with Crippen molar-refractivity contribution in [3.63, 3.8) is 0 Å². The number of nitrogens with one attached hydrogen (secondary N) is 1. The highest BCUT2D eigenvalue weighted by Gasteiger charge is 2.22. The summed E-state index contributed by atoms with van der Waals surface area (Å²) in [6, 6.07) is 3.35. The molecule has 0 aliphatic heterocycles. The third-order valence-corrected chi connectivity index (χ3v) is 5.87. The molecule has 26 heavy (non-hydrogen) atoms. The number of halogens is 1. The molecule has 1 aromatic heterocycles. The normalized spacial score (nSPS) is 13.0. The number of hydrogen-bond acceptors (Lipinski definition) is 5. The zero-order valence-corrected chi connectivity index (χ0v) is 16.3. The number of benzene rings is 1. The van der Waals surface area contributed by atoms with Gasteiger partial charge in [-0.25, -0.2) is 4.79 Å². The third-order valence-electron chi connectivity index (χ3n) is 4.37. The van der Waals surface area contributed by atoms with Crippen molar-refractivity contribution in [3.8, 4) is 5.75 Å². The fraction of sp³-hybridized carbons (Fsp3) is 0.368. The van der Waals surface area contributed by atoms with Crippen LogP contribution in [-0.4, -0.2) is 25.6 Å². The van der Waals surface area contributed by atoms with E-state index >= 15 is 0 Å². The number of fused-ring (bicyclic) bond motifs is 1. The van der Waals surface area contributed by atoms with E-state index < -0.39 is 11.9 Å². The molecule has 0 fully saturated rings. The molecule has 0 spiro atoms. The van der Waals surface area contributed by atoms with Crippen LogP contribution in [0.15, 0.2) is 17.5 Å². The lowest BCUT2D eigenvalue weighted by molar-refractivity contribution is -0.119. The summed E-state index contributed by atoms with van der Waals surface area (Å²) in [5.41, 5.74) is 2.98. The van der Waals surface area contributed by atoms with Gasteiger partial charge in [-0.3, -0.25) is 4.79 Å². The van der Waals surface area contributed by atoms with Crippen molar-refractivity contribution in [1.29, 1.82) is 0 Å². The number of carbonyl (C=O) groups is 2. The Morgan fingerprint density at radius 2 is 2.04 bits per heavy atom. The first-order valence-electron chi connectivity index (χ1n) is 8.40. The van der Waals surface area contributed by atoms with E-state index in [9.17, 15) is 9.59 Å². The first-order chi connectivity index (χ1) is 12.5. The van der Waals surface area contributed by atoms with Crippen molar-refractivity contribution in [3.05, 3.63) is 44.1 Å². The minimum Gasteiger partial charge on any atom is -0.495 e. The number of hydrogen-bond donors (Lipinski definition) is 1. The maximum atomic E-state index is 12.3. The second-order valence-electron chi connectivity index (χ2n) is 6.18. The van der Waals surface area contributed by atoms with E-state index in [-0.39, 0.29) is 6.61 Å². The Labute approximate surface area is 161 Å². The highest BCUT2D eigenvalue weighted by Crippen LogP contribution is 2.32. The molecule has 0 bridgehead atoms. The molecule has 0 unspecified atom stereocenters. The summed E-state index contributed by atoms with van der Waals surface area (Å²) < 4.78 is 10.4. The summed E-state index contributed by atoms with van der Waals surface area (Å²) in [4.78, 5) is 25.7. The van der Waals surface area contributed by atoms with Crippen LogP contribution >= 0.6 is 22.9 Å². The third kappa shape index (κ3) is 4.02. The number of anilines is 1. The molecule has 3 rings (SSSR count). The summed E-state index contributed by atoms with van der Waals surface area (Å²) in [5.74, 6) is -0.423. The Kier molecular flexibility index (Phi) is 5.84. The number of amides is 1. The van der Waals surface area contributed by atoms with Crippen molar-refractivity contribution in [2.75, 3.05) is 19.0 Å². The Hall–Kier alpha value is -2.05. The molecule has 138 valence electrons. The number of carbonyl (C=O) groups excluding carboxylic acids is 2. The van der Waals surface area contributed by atoms with E-state index in [0.717, 1.165) is 36.8 Å². The summed E-state index contributed by atoms with van der Waals surface area (Å²) in [5, 5.41) is 5.08. The van der Waals surface area contributed by atoms with Crippen molar-refractivity contribution >= 4 is 40.5 Å². The van der Waals surface area contributed by atoms with E-state index in [4.69, 9.17) is 21.1 Å². The highest BCUT2D eigenvalue weighted by molar-refractivity contribution is 7.10. The van der Waals surface area contributed by atoms with Gasteiger partial charge in [-0.15, -0.1) is 11.3 Å². The zero-order chi connectivity index (χ0) is 18.7. The molecule has 1 aromatic carbocycles. The van der Waals surface area contributed by atoms with Gasteiger partial charge in [0.1, 0.15) is 5.75 Å². The van der Waals surface area contributed by atoms with Crippen LogP contribution in [0.3, 0.4) is 0 Å². The molecule has 0 radical (unpaired) electrons. The van der Waals surface area contributed by atoms with Gasteiger partial charge in [0.15, 0.2) is 6.61 Å². The molecular weight excluding hydrogens is 374 g/mol. The maximum Gasteiger partial charge on any atom is 0.339 e. The zero-order valence-electron chi connectivity index (χ0n) is 14.7. The van der Waals surface area contributed by atoms with Crippen LogP contribution in [0.1, 0.15) is 39.2 Å². The smallest absolute Gasteiger partial charge is 0.339 e. The molecule has 0 saturated carbocycles. The SMILES string of the molecule is COc1cc(Cl)c(C)cc1NC(=O)COC(=O)c1csc2c1CCCC2. The van der Waals surface area contributed by atoms with Gasteiger partial charge < -0.3 is 14.8 Å². The molecule has 0 saturated heterocycles. The van der Waals surface area contributed by atoms with Gasteiger partial charge in [-0.2, -0.15) is 0 Å². The van der Waals surface area contributed by atoms with E-state index in [0.29, 0.717) is 22.0 Å². The van der Waals surface area contributed by atoms with Gasteiger partial charge in [-0.1, -0.05) is 11.6 Å². The van der Waals surface area contributed by atoms with Gasteiger partial charge in [0.25, 0.3) is 5.91 Å². The minimum atomic E-state index is -0.446.